The highest BCUT2D eigenvalue weighted by molar-refractivity contribution is 5.82. The van der Waals surface area contributed by atoms with Crippen LogP contribution in [0.25, 0.3) is 0 Å². The van der Waals surface area contributed by atoms with E-state index in [0.717, 1.165) is 9.47 Å². The standard InChI is InChI=1S/C12H2F23NO4/c13-2(1(36)37,6(18,19)20)38-11(32,33)4(16,8(24,25)26)40-12(34,35)5(17,9(27,28)29)39-10(30,31)3(14,15)7(21,22)23/h(H2,36,37)/t2-,4-,5-/m1/s1. The molecule has 28 heteroatoms. The van der Waals surface area contributed by atoms with Gasteiger partial charge in [-0.2, -0.15) is 101 Å². The number of carbonyl (C=O) groups is 1. The Morgan fingerprint density at radius 2 is 0.675 bits per heavy atom. The van der Waals surface area contributed by atoms with E-state index in [1.807, 2.05) is 0 Å². The summed E-state index contributed by atoms with van der Waals surface area (Å²) in [7, 11) is 0. The lowest BCUT2D eigenvalue weighted by Gasteiger charge is -2.42. The van der Waals surface area contributed by atoms with E-state index in [1.165, 1.54) is 4.74 Å². The second-order valence-electron chi connectivity index (χ2n) is 6.57. The van der Waals surface area contributed by atoms with Crippen LogP contribution in [-0.2, 0) is 19.0 Å². The summed E-state index contributed by atoms with van der Waals surface area (Å²) in [6, 6.07) is 0. The number of rotatable bonds is 10. The highest BCUT2D eigenvalue weighted by Crippen LogP contribution is 2.59. The Morgan fingerprint density at radius 1 is 0.400 bits per heavy atom. The second kappa shape index (κ2) is 9.65. The molecule has 0 fully saturated rings. The van der Waals surface area contributed by atoms with Gasteiger partial charge in [0, 0.05) is 0 Å². The lowest BCUT2D eigenvalue weighted by Crippen LogP contribution is -2.71. The normalized spacial score (nSPS) is 20.0. The molecule has 0 aromatic heterocycles. The van der Waals surface area contributed by atoms with Crippen molar-refractivity contribution in [2.45, 2.75) is 66.5 Å². The average molecular weight is 661 g/mol. The molecule has 0 saturated heterocycles. The van der Waals surface area contributed by atoms with Crippen molar-refractivity contribution < 1.29 is 120 Å². The molecule has 0 spiro atoms. The van der Waals surface area contributed by atoms with Crippen molar-refractivity contribution in [3.8, 4) is 0 Å². The van der Waals surface area contributed by atoms with Crippen LogP contribution < -0.4 is 5.73 Å². The molecule has 0 aromatic rings. The number of alkyl halides is 23. The van der Waals surface area contributed by atoms with Crippen LogP contribution >= 0.6 is 0 Å². The van der Waals surface area contributed by atoms with Gasteiger partial charge in [-0.15, -0.1) is 0 Å². The van der Waals surface area contributed by atoms with Crippen molar-refractivity contribution >= 4 is 5.91 Å². The molecule has 0 aliphatic rings. The maximum absolute atomic E-state index is 14.0. The van der Waals surface area contributed by atoms with E-state index in [4.69, 9.17) is 0 Å². The molecule has 0 rings (SSSR count). The van der Waals surface area contributed by atoms with Crippen molar-refractivity contribution in [1.82, 2.24) is 0 Å². The average Bonchev–Trinajstić information content (AvgIpc) is 2.62. The van der Waals surface area contributed by atoms with Crippen molar-refractivity contribution in [3.63, 3.8) is 0 Å². The fourth-order valence-electron chi connectivity index (χ4n) is 1.70. The third-order valence-electron chi connectivity index (χ3n) is 3.69. The van der Waals surface area contributed by atoms with Gasteiger partial charge >= 0.3 is 66.5 Å². The number of nitrogens with two attached hydrogens (primary N) is 1. The number of carbonyl (C=O) groups excluding carboxylic acids is 1. The van der Waals surface area contributed by atoms with Gasteiger partial charge in [-0.1, -0.05) is 0 Å². The monoisotopic (exact) mass is 661 g/mol. The highest BCUT2D eigenvalue weighted by Gasteiger charge is 2.88. The summed E-state index contributed by atoms with van der Waals surface area (Å²) in [5.41, 5.74) is 3.56. The Morgan fingerprint density at radius 3 is 0.900 bits per heavy atom. The summed E-state index contributed by atoms with van der Waals surface area (Å²) in [6.45, 7) is 0. The molecule has 0 radical (unpaired) electrons. The van der Waals surface area contributed by atoms with Gasteiger partial charge in [-0.3, -0.25) is 19.0 Å². The summed E-state index contributed by atoms with van der Waals surface area (Å²) in [6.07, 6.45) is -57.5. The molecule has 2 N–H and O–H groups in total. The summed E-state index contributed by atoms with van der Waals surface area (Å²) < 4.78 is 301. The van der Waals surface area contributed by atoms with E-state index >= 15 is 0 Å². The zero-order chi connectivity index (χ0) is 33.2. The molecule has 0 heterocycles. The van der Waals surface area contributed by atoms with Crippen molar-refractivity contribution in [1.29, 1.82) is 0 Å². The van der Waals surface area contributed by atoms with Crippen LogP contribution in [0.5, 0.6) is 0 Å². The molecule has 0 unspecified atom stereocenters. The maximum Gasteiger partial charge on any atom is 0.462 e. The number of amides is 1. The third-order valence-corrected chi connectivity index (χ3v) is 3.69. The van der Waals surface area contributed by atoms with Gasteiger partial charge in [0.2, 0.25) is 0 Å². The van der Waals surface area contributed by atoms with Gasteiger partial charge in [-0.05, 0) is 0 Å². The zero-order valence-corrected chi connectivity index (χ0v) is 16.9. The van der Waals surface area contributed by atoms with Gasteiger partial charge in [0.15, 0.2) is 0 Å². The summed E-state index contributed by atoms with van der Waals surface area (Å²) in [5.74, 6) is -36.6. The molecule has 0 aliphatic heterocycles. The maximum atomic E-state index is 14.0. The van der Waals surface area contributed by atoms with Crippen LogP contribution in [0.1, 0.15) is 0 Å². The van der Waals surface area contributed by atoms with Crippen molar-refractivity contribution in [3.05, 3.63) is 0 Å². The topological polar surface area (TPSA) is 70.8 Å². The first-order valence-corrected chi connectivity index (χ1v) is 8.06. The predicted octanol–water partition coefficient (Wildman–Crippen LogP) is 6.18. The van der Waals surface area contributed by atoms with E-state index < -0.39 is 72.4 Å². The Labute approximate surface area is 199 Å². The van der Waals surface area contributed by atoms with Crippen LogP contribution in [0.4, 0.5) is 101 Å². The van der Waals surface area contributed by atoms with Crippen LogP contribution in [0.2, 0.25) is 0 Å². The first kappa shape index (κ1) is 37.7. The van der Waals surface area contributed by atoms with Gasteiger partial charge in [0.25, 0.3) is 5.91 Å². The quantitative estimate of drug-likeness (QED) is 0.284. The molecule has 1 amide bonds. The van der Waals surface area contributed by atoms with E-state index in [-0.39, 0.29) is 0 Å². The molecule has 0 bridgehead atoms. The van der Waals surface area contributed by atoms with Crippen LogP contribution in [0.15, 0.2) is 0 Å². The summed E-state index contributed by atoms with van der Waals surface area (Å²) in [5, 5.41) is 0. The first-order chi connectivity index (χ1) is 16.8. The van der Waals surface area contributed by atoms with Gasteiger partial charge in [-0.25, -0.2) is 0 Å². The largest absolute Gasteiger partial charge is 0.462 e. The number of hydrogen-bond acceptors (Lipinski definition) is 4. The number of hydrogen-bond donors (Lipinski definition) is 1. The molecule has 5 nitrogen and oxygen atoms in total. The third kappa shape index (κ3) is 6.01. The molecule has 0 saturated carbocycles. The van der Waals surface area contributed by atoms with E-state index in [0.29, 0.717) is 0 Å². The van der Waals surface area contributed by atoms with Crippen molar-refractivity contribution in [2.24, 2.45) is 5.73 Å². The Bertz CT molecular complexity index is 934. The minimum Gasteiger partial charge on any atom is -0.364 e. The highest BCUT2D eigenvalue weighted by atomic mass is 19.4. The molecular weight excluding hydrogens is 659 g/mol. The molecule has 3 atom stereocenters. The summed E-state index contributed by atoms with van der Waals surface area (Å²) >= 11 is 0. The molecule has 240 valence electrons. The predicted molar refractivity (Wildman–Crippen MR) is 68.0 cm³/mol. The van der Waals surface area contributed by atoms with Gasteiger partial charge in [0.05, 0.1) is 0 Å². The number of ether oxygens (including phenoxy) is 3. The Kier molecular flexibility index (Phi) is 9.10. The molecular formula is C12H2F23NO4. The Balaban J connectivity index is 7.24. The molecule has 0 aromatic carbocycles. The van der Waals surface area contributed by atoms with Crippen LogP contribution in [0.3, 0.4) is 0 Å². The Hall–Kier alpha value is -2.26. The fourth-order valence-corrected chi connectivity index (χ4v) is 1.70. The fraction of sp³-hybridized carbons (Fsp3) is 0.917. The van der Waals surface area contributed by atoms with Gasteiger partial charge in [0.1, 0.15) is 0 Å². The van der Waals surface area contributed by atoms with Crippen molar-refractivity contribution in [2.75, 3.05) is 0 Å². The van der Waals surface area contributed by atoms with E-state index in [1.54, 1.807) is 0 Å². The van der Waals surface area contributed by atoms with Crippen LogP contribution in [-0.4, -0.2) is 72.4 Å². The smallest absolute Gasteiger partial charge is 0.364 e. The first-order valence-electron chi connectivity index (χ1n) is 8.06. The van der Waals surface area contributed by atoms with E-state index in [2.05, 4.69) is 5.73 Å². The minimum absolute atomic E-state index is 0.993. The second-order valence-corrected chi connectivity index (χ2v) is 6.57. The number of primary amides is 1. The lowest BCUT2D eigenvalue weighted by molar-refractivity contribution is -0.577. The summed E-state index contributed by atoms with van der Waals surface area (Å²) in [4.78, 5) is 10.4. The van der Waals surface area contributed by atoms with E-state index in [9.17, 15) is 106 Å². The lowest BCUT2D eigenvalue weighted by atomic mass is 10.2. The molecule has 0 aliphatic carbocycles. The number of halogens is 23. The van der Waals surface area contributed by atoms with Crippen LogP contribution in [0, 0.1) is 0 Å². The minimum atomic E-state index is -8.74. The molecule has 40 heavy (non-hydrogen) atoms. The SMILES string of the molecule is NC(=O)[C@@](F)(OC(F)(F)[C@](F)(OC(F)(F)[C@](F)(OC(F)(F)C(F)(F)C(F)(F)F)C(F)(F)F)C(F)(F)F)C(F)(F)F. The van der Waals surface area contributed by atoms with Gasteiger partial charge < -0.3 is 5.73 Å². The zero-order valence-electron chi connectivity index (χ0n) is 16.9.